The molecule has 0 aliphatic heterocycles. The molecule has 1 aliphatic carbocycles. The van der Waals surface area contributed by atoms with E-state index in [2.05, 4.69) is 23.5 Å². The van der Waals surface area contributed by atoms with Gasteiger partial charge in [0.05, 0.1) is 12.1 Å². The smallest absolute Gasteiger partial charge is 0.545 e. The van der Waals surface area contributed by atoms with Crippen LogP contribution in [0.3, 0.4) is 0 Å². The number of carboxylic acids is 1. The number of hydrogen-bond donors (Lipinski definition) is 2. The first-order valence-electron chi connectivity index (χ1n) is 10.1. The summed E-state index contributed by atoms with van der Waals surface area (Å²) >= 11 is 5.92. The number of halogens is 1. The summed E-state index contributed by atoms with van der Waals surface area (Å²) < 4.78 is 0. The van der Waals surface area contributed by atoms with Gasteiger partial charge in [-0.15, -0.1) is 0 Å². The van der Waals surface area contributed by atoms with Crippen LogP contribution in [0.5, 0.6) is 0 Å². The average Bonchev–Trinajstić information content (AvgIpc) is 2.77. The number of aromatic carboxylic acids is 1. The van der Waals surface area contributed by atoms with Crippen molar-refractivity contribution in [1.82, 2.24) is 5.32 Å². The topological polar surface area (TPSA) is 72.4 Å². The molecule has 2 N–H and O–H groups in total. The summed E-state index contributed by atoms with van der Waals surface area (Å²) in [7, 11) is 0. The fourth-order valence-corrected chi connectivity index (χ4v) is 4.12. The Bertz CT molecular complexity index is 1040. The Morgan fingerprint density at radius 1 is 1.03 bits per heavy atom. The molecule has 0 aromatic heterocycles. The molecule has 1 aliphatic rings. The molecular weight excluding hydrogens is 421 g/mol. The molecule has 3 aromatic carbocycles. The van der Waals surface area contributed by atoms with Gasteiger partial charge in [0, 0.05) is 17.6 Å². The van der Waals surface area contributed by atoms with Crippen molar-refractivity contribution >= 4 is 17.6 Å². The van der Waals surface area contributed by atoms with E-state index in [0.717, 1.165) is 36.0 Å². The standard InChI is InChI=1S/C25H24ClNO3.Na/c26-22-10-7-18(8-11-22)24(28)15-27-23-12-9-17-3-6-20(13-21(17)14-23)16-1-4-19(5-2-16)25(29)30;/h1-8,10-11,13,23-24,27-28H,9,12,14-15H2,(H,29,30);/q;+1/p-1/t23-,24-;/m0./s1. The minimum absolute atomic E-state index is 0. The molecule has 2 atom stereocenters. The van der Waals surface area contributed by atoms with E-state index < -0.39 is 12.1 Å². The van der Waals surface area contributed by atoms with Gasteiger partial charge in [-0.2, -0.15) is 0 Å². The van der Waals surface area contributed by atoms with Crippen LogP contribution in [0.2, 0.25) is 5.02 Å². The number of benzene rings is 3. The van der Waals surface area contributed by atoms with E-state index in [1.807, 2.05) is 24.3 Å². The monoisotopic (exact) mass is 443 g/mol. The quantitative estimate of drug-likeness (QED) is 0.546. The molecule has 0 saturated carbocycles. The molecule has 0 heterocycles. The number of aryl methyl sites for hydroxylation is 1. The molecule has 4 rings (SSSR count). The van der Waals surface area contributed by atoms with Gasteiger partial charge in [-0.3, -0.25) is 0 Å². The number of aliphatic hydroxyl groups is 1. The maximum Gasteiger partial charge on any atom is 1.00 e. The third kappa shape index (κ3) is 5.98. The number of carbonyl (C=O) groups is 1. The molecular formula is C25H23ClNNaO3. The van der Waals surface area contributed by atoms with Crippen LogP contribution >= 0.6 is 11.6 Å². The van der Waals surface area contributed by atoms with Crippen molar-refractivity contribution < 1.29 is 44.6 Å². The Kier molecular flexibility index (Phi) is 8.34. The van der Waals surface area contributed by atoms with Crippen molar-refractivity contribution in [3.8, 4) is 11.1 Å². The van der Waals surface area contributed by atoms with Gasteiger partial charge in [-0.1, -0.05) is 66.2 Å². The van der Waals surface area contributed by atoms with E-state index in [1.54, 1.807) is 24.3 Å². The summed E-state index contributed by atoms with van der Waals surface area (Å²) in [6, 6.07) is 20.8. The van der Waals surface area contributed by atoms with Gasteiger partial charge < -0.3 is 20.3 Å². The van der Waals surface area contributed by atoms with Crippen molar-refractivity contribution in [2.24, 2.45) is 0 Å². The molecule has 0 amide bonds. The second-order valence-corrected chi connectivity index (χ2v) is 8.20. The van der Waals surface area contributed by atoms with Gasteiger partial charge >= 0.3 is 29.6 Å². The predicted molar refractivity (Wildman–Crippen MR) is 116 cm³/mol. The van der Waals surface area contributed by atoms with E-state index in [-0.39, 0.29) is 35.1 Å². The van der Waals surface area contributed by atoms with Gasteiger partial charge in [0.1, 0.15) is 0 Å². The Hall–Kier alpha value is -1.66. The van der Waals surface area contributed by atoms with Gasteiger partial charge in [0.2, 0.25) is 0 Å². The molecule has 4 nitrogen and oxygen atoms in total. The van der Waals surface area contributed by atoms with E-state index in [1.165, 1.54) is 11.1 Å². The number of aliphatic hydroxyl groups excluding tert-OH is 1. The zero-order valence-corrected chi connectivity index (χ0v) is 20.2. The Morgan fingerprint density at radius 2 is 1.71 bits per heavy atom. The number of nitrogens with one attached hydrogen (secondary N) is 1. The molecule has 0 fully saturated rings. The summed E-state index contributed by atoms with van der Waals surface area (Å²) in [6.07, 6.45) is 2.35. The summed E-state index contributed by atoms with van der Waals surface area (Å²) in [4.78, 5) is 10.9. The van der Waals surface area contributed by atoms with Gasteiger partial charge in [-0.05, 0) is 64.8 Å². The summed E-state index contributed by atoms with van der Waals surface area (Å²) in [6.45, 7) is 0.492. The number of hydrogen-bond acceptors (Lipinski definition) is 4. The fourth-order valence-electron chi connectivity index (χ4n) is 3.99. The average molecular weight is 444 g/mol. The molecule has 154 valence electrons. The number of carboxylic acid groups (broad SMARTS) is 1. The summed E-state index contributed by atoms with van der Waals surface area (Å²) in [5, 5.41) is 25.5. The number of rotatable bonds is 6. The van der Waals surface area contributed by atoms with Crippen LogP contribution in [-0.4, -0.2) is 23.7 Å². The van der Waals surface area contributed by atoms with Crippen LogP contribution in [0.25, 0.3) is 11.1 Å². The van der Waals surface area contributed by atoms with Crippen molar-refractivity contribution in [2.75, 3.05) is 6.54 Å². The fraction of sp³-hybridized carbons (Fsp3) is 0.240. The maximum atomic E-state index is 10.9. The molecule has 0 saturated heterocycles. The first-order chi connectivity index (χ1) is 14.5. The number of carbonyl (C=O) groups excluding carboxylic acids is 1. The Morgan fingerprint density at radius 3 is 2.39 bits per heavy atom. The molecule has 31 heavy (non-hydrogen) atoms. The Labute approximate surface area is 209 Å². The third-order valence-corrected chi connectivity index (χ3v) is 6.00. The van der Waals surface area contributed by atoms with Gasteiger partial charge in [0.15, 0.2) is 0 Å². The molecule has 6 heteroatoms. The van der Waals surface area contributed by atoms with Crippen molar-refractivity contribution in [2.45, 2.75) is 31.4 Å². The minimum atomic E-state index is -1.17. The normalized spacial score (nSPS) is 16.1. The van der Waals surface area contributed by atoms with E-state index in [4.69, 9.17) is 11.6 Å². The van der Waals surface area contributed by atoms with E-state index in [9.17, 15) is 15.0 Å². The largest absolute Gasteiger partial charge is 1.00 e. The predicted octanol–water partition coefficient (Wildman–Crippen LogP) is 0.555. The van der Waals surface area contributed by atoms with Crippen LogP contribution in [0, 0.1) is 0 Å². The SMILES string of the molecule is O=C([O-])c1ccc(-c2ccc3c(c2)C[C@@H](NC[C@H](O)c2ccc(Cl)cc2)CC3)cc1.[Na+]. The third-order valence-electron chi connectivity index (χ3n) is 5.74. The van der Waals surface area contributed by atoms with Crippen LogP contribution in [-0.2, 0) is 12.8 Å². The van der Waals surface area contributed by atoms with Crippen molar-refractivity contribution in [1.29, 1.82) is 0 Å². The molecule has 0 bridgehead atoms. The maximum absolute atomic E-state index is 10.9. The first kappa shape index (κ1) is 24.0. The van der Waals surface area contributed by atoms with Gasteiger partial charge in [0.25, 0.3) is 0 Å². The van der Waals surface area contributed by atoms with E-state index in [0.29, 0.717) is 17.6 Å². The second kappa shape index (κ2) is 10.8. The van der Waals surface area contributed by atoms with Crippen molar-refractivity contribution in [3.05, 3.63) is 94.0 Å². The molecule has 0 unspecified atom stereocenters. The number of fused-ring (bicyclic) bond motifs is 1. The zero-order valence-electron chi connectivity index (χ0n) is 17.5. The summed E-state index contributed by atoms with van der Waals surface area (Å²) in [5.74, 6) is -1.17. The van der Waals surface area contributed by atoms with Crippen LogP contribution in [0.15, 0.2) is 66.7 Å². The van der Waals surface area contributed by atoms with Crippen LogP contribution < -0.4 is 40.0 Å². The van der Waals surface area contributed by atoms with Gasteiger partial charge in [-0.25, -0.2) is 0 Å². The molecule has 0 spiro atoms. The molecule has 3 aromatic rings. The molecule has 0 radical (unpaired) electrons. The first-order valence-corrected chi connectivity index (χ1v) is 10.5. The zero-order chi connectivity index (χ0) is 21.1. The van der Waals surface area contributed by atoms with Crippen molar-refractivity contribution in [3.63, 3.8) is 0 Å². The second-order valence-electron chi connectivity index (χ2n) is 7.76. The minimum Gasteiger partial charge on any atom is -0.545 e. The van der Waals surface area contributed by atoms with Crippen LogP contribution in [0.1, 0.15) is 39.6 Å². The van der Waals surface area contributed by atoms with Crippen LogP contribution in [0.4, 0.5) is 0 Å². The van der Waals surface area contributed by atoms with E-state index >= 15 is 0 Å². The summed E-state index contributed by atoms with van der Waals surface area (Å²) in [5.41, 5.74) is 5.73. The Balaban J connectivity index is 0.00000272.